The highest BCUT2D eigenvalue weighted by molar-refractivity contribution is 6.31. The summed E-state index contributed by atoms with van der Waals surface area (Å²) < 4.78 is 0. The van der Waals surface area contributed by atoms with E-state index in [-0.39, 0.29) is 16.0 Å². The van der Waals surface area contributed by atoms with Gasteiger partial charge in [-0.15, -0.1) is 0 Å². The molecule has 5 heteroatoms. The molecule has 1 heterocycles. The molecular formula is C19H17Cl2N3. The lowest BCUT2D eigenvalue weighted by molar-refractivity contribution is 0.654. The lowest BCUT2D eigenvalue weighted by Crippen LogP contribution is -2.16. The van der Waals surface area contributed by atoms with Crippen LogP contribution in [0, 0.1) is 0 Å². The van der Waals surface area contributed by atoms with Crippen LogP contribution in [0.2, 0.25) is 10.6 Å². The van der Waals surface area contributed by atoms with Gasteiger partial charge in [0.15, 0.2) is 5.82 Å². The van der Waals surface area contributed by atoms with Gasteiger partial charge >= 0.3 is 0 Å². The molecule has 1 aromatic heterocycles. The van der Waals surface area contributed by atoms with Gasteiger partial charge < -0.3 is 0 Å². The summed E-state index contributed by atoms with van der Waals surface area (Å²) >= 11 is 11.8. The number of hydrogen-bond acceptors (Lipinski definition) is 3. The summed E-state index contributed by atoms with van der Waals surface area (Å²) in [4.78, 5) is 12.2. The number of aromatic nitrogens is 3. The normalized spacial score (nSPS) is 15.9. The molecule has 3 rings (SSSR count). The summed E-state index contributed by atoms with van der Waals surface area (Å²) in [6.07, 6.45) is 6.11. The summed E-state index contributed by atoms with van der Waals surface area (Å²) in [5.74, 6) is 0.471. The number of rotatable bonds is 3. The third-order valence-electron chi connectivity index (χ3n) is 4.32. The fourth-order valence-corrected chi connectivity index (χ4v) is 3.59. The average Bonchev–Trinajstić information content (AvgIpc) is 2.73. The maximum Gasteiger partial charge on any atom is 0.227 e. The number of allylic oxidation sites excluding steroid dienone is 5. The lowest BCUT2D eigenvalue weighted by atomic mass is 9.80. The van der Waals surface area contributed by atoms with Crippen molar-refractivity contribution < 1.29 is 0 Å². The number of benzene rings is 1. The highest BCUT2D eigenvalue weighted by Crippen LogP contribution is 2.48. The first-order chi connectivity index (χ1) is 11.4. The molecule has 3 nitrogen and oxygen atoms in total. The smallest absolute Gasteiger partial charge is 0.198 e. The molecule has 122 valence electrons. The van der Waals surface area contributed by atoms with Gasteiger partial charge in [-0.25, -0.2) is 0 Å². The van der Waals surface area contributed by atoms with Crippen LogP contribution in [0.5, 0.6) is 0 Å². The summed E-state index contributed by atoms with van der Waals surface area (Å²) in [6, 6.07) is 6.16. The van der Waals surface area contributed by atoms with E-state index in [1.54, 1.807) is 0 Å². The van der Waals surface area contributed by atoms with Crippen LogP contribution in [0.25, 0.3) is 17.0 Å². The Kier molecular flexibility index (Phi) is 4.33. The molecule has 0 unspecified atom stereocenters. The monoisotopic (exact) mass is 357 g/mol. The second-order valence-electron chi connectivity index (χ2n) is 6.11. The van der Waals surface area contributed by atoms with Crippen molar-refractivity contribution in [2.45, 2.75) is 26.2 Å². The minimum atomic E-state index is -0.150. The minimum absolute atomic E-state index is 0.0873. The second kappa shape index (κ2) is 6.15. The standard InChI is InChI=1S/C19H17Cl2N3/c1-5-7-12-13-9-8-11(16-22-17(20)24-18(21)23-16)10-15(13)19(3,4)14(12)6-2/h5-10H,2H2,1,3-4H3/b7-5-. The third kappa shape index (κ3) is 2.68. The minimum Gasteiger partial charge on any atom is -0.198 e. The summed E-state index contributed by atoms with van der Waals surface area (Å²) in [5.41, 5.74) is 5.52. The molecule has 1 aliphatic carbocycles. The number of hydrogen-bond donors (Lipinski definition) is 0. The predicted octanol–water partition coefficient (Wildman–Crippen LogP) is 5.65. The lowest BCUT2D eigenvalue weighted by Gasteiger charge is -2.23. The van der Waals surface area contributed by atoms with Gasteiger partial charge in [0.2, 0.25) is 10.6 Å². The van der Waals surface area contributed by atoms with Crippen molar-refractivity contribution in [1.82, 2.24) is 15.0 Å². The quantitative estimate of drug-likeness (QED) is 0.711. The SMILES string of the molecule is C=CC1=C(/C=C\C)c2ccc(-c3nc(Cl)nc(Cl)n3)cc2C1(C)C. The van der Waals surface area contributed by atoms with Gasteiger partial charge in [-0.05, 0) is 58.5 Å². The van der Waals surface area contributed by atoms with E-state index < -0.39 is 0 Å². The molecule has 2 aromatic rings. The summed E-state index contributed by atoms with van der Waals surface area (Å²) in [7, 11) is 0. The molecule has 0 saturated heterocycles. The molecule has 0 atom stereocenters. The maximum atomic E-state index is 5.91. The Bertz CT molecular complexity index is 875. The van der Waals surface area contributed by atoms with Gasteiger partial charge in [0.25, 0.3) is 0 Å². The van der Waals surface area contributed by atoms with Crippen LogP contribution in [0.4, 0.5) is 0 Å². The fourth-order valence-electron chi connectivity index (χ4n) is 3.23. The van der Waals surface area contributed by atoms with E-state index in [1.165, 1.54) is 22.3 Å². The Morgan fingerprint density at radius 1 is 1.08 bits per heavy atom. The van der Waals surface area contributed by atoms with Crippen molar-refractivity contribution in [2.24, 2.45) is 0 Å². The zero-order valence-electron chi connectivity index (χ0n) is 13.8. The molecule has 1 aliphatic rings. The van der Waals surface area contributed by atoms with Crippen LogP contribution in [-0.2, 0) is 5.41 Å². The molecule has 0 amide bonds. The van der Waals surface area contributed by atoms with Crippen LogP contribution < -0.4 is 0 Å². The number of fused-ring (bicyclic) bond motifs is 1. The summed E-state index contributed by atoms with van der Waals surface area (Å²) in [6.45, 7) is 10.4. The molecule has 0 bridgehead atoms. The van der Waals surface area contributed by atoms with Gasteiger partial charge in [-0.1, -0.05) is 50.8 Å². The molecular weight excluding hydrogens is 341 g/mol. The van der Waals surface area contributed by atoms with E-state index >= 15 is 0 Å². The zero-order valence-corrected chi connectivity index (χ0v) is 15.3. The third-order valence-corrected chi connectivity index (χ3v) is 4.66. The zero-order chi connectivity index (χ0) is 17.5. The number of halogens is 2. The van der Waals surface area contributed by atoms with Crippen molar-refractivity contribution >= 4 is 28.8 Å². The average molecular weight is 358 g/mol. The molecule has 0 aliphatic heterocycles. The van der Waals surface area contributed by atoms with Crippen LogP contribution in [-0.4, -0.2) is 15.0 Å². The van der Waals surface area contributed by atoms with E-state index in [0.29, 0.717) is 5.82 Å². The van der Waals surface area contributed by atoms with Crippen molar-refractivity contribution in [3.63, 3.8) is 0 Å². The Morgan fingerprint density at radius 2 is 1.75 bits per heavy atom. The molecule has 0 spiro atoms. The maximum absolute atomic E-state index is 5.91. The molecule has 0 N–H and O–H groups in total. The van der Waals surface area contributed by atoms with E-state index in [0.717, 1.165) is 5.56 Å². The Balaban J connectivity index is 2.20. The molecule has 24 heavy (non-hydrogen) atoms. The highest BCUT2D eigenvalue weighted by atomic mass is 35.5. The highest BCUT2D eigenvalue weighted by Gasteiger charge is 2.35. The largest absolute Gasteiger partial charge is 0.227 e. The van der Waals surface area contributed by atoms with Crippen LogP contribution in [0.1, 0.15) is 31.9 Å². The van der Waals surface area contributed by atoms with Crippen molar-refractivity contribution in [1.29, 1.82) is 0 Å². The fraction of sp³-hybridized carbons (Fsp3) is 0.211. The number of nitrogens with zero attached hydrogens (tertiary/aromatic N) is 3. The molecule has 1 aromatic carbocycles. The molecule has 0 fully saturated rings. The van der Waals surface area contributed by atoms with E-state index in [1.807, 2.05) is 25.1 Å². The van der Waals surface area contributed by atoms with Crippen molar-refractivity contribution in [3.8, 4) is 11.4 Å². The topological polar surface area (TPSA) is 38.7 Å². The van der Waals surface area contributed by atoms with Crippen LogP contribution in [0.15, 0.2) is 48.6 Å². The van der Waals surface area contributed by atoms with Crippen LogP contribution >= 0.6 is 23.2 Å². The van der Waals surface area contributed by atoms with Crippen molar-refractivity contribution in [2.75, 3.05) is 0 Å². The van der Waals surface area contributed by atoms with E-state index in [2.05, 4.69) is 53.6 Å². The Labute approximate surface area is 151 Å². The Morgan fingerprint density at radius 3 is 2.33 bits per heavy atom. The summed E-state index contributed by atoms with van der Waals surface area (Å²) in [5, 5.41) is 0.175. The second-order valence-corrected chi connectivity index (χ2v) is 6.79. The van der Waals surface area contributed by atoms with Gasteiger partial charge in [0.05, 0.1) is 0 Å². The van der Waals surface area contributed by atoms with E-state index in [4.69, 9.17) is 23.2 Å². The first-order valence-corrected chi connectivity index (χ1v) is 8.36. The van der Waals surface area contributed by atoms with Crippen LogP contribution in [0.3, 0.4) is 0 Å². The van der Waals surface area contributed by atoms with Crippen molar-refractivity contribution in [3.05, 3.63) is 70.3 Å². The Hall–Kier alpha value is -1.97. The van der Waals surface area contributed by atoms with Gasteiger partial charge in [0, 0.05) is 11.0 Å². The predicted molar refractivity (Wildman–Crippen MR) is 100 cm³/mol. The van der Waals surface area contributed by atoms with Gasteiger partial charge in [0.1, 0.15) is 0 Å². The first kappa shape index (κ1) is 16.9. The molecule has 0 radical (unpaired) electrons. The van der Waals surface area contributed by atoms with Gasteiger partial charge in [-0.3, -0.25) is 0 Å². The van der Waals surface area contributed by atoms with Gasteiger partial charge in [-0.2, -0.15) is 15.0 Å². The van der Waals surface area contributed by atoms with E-state index in [9.17, 15) is 0 Å². The molecule has 0 saturated carbocycles. The first-order valence-electron chi connectivity index (χ1n) is 7.60.